The van der Waals surface area contributed by atoms with E-state index in [4.69, 9.17) is 5.11 Å². The van der Waals surface area contributed by atoms with Gasteiger partial charge in [0, 0.05) is 35.3 Å². The highest BCUT2D eigenvalue weighted by molar-refractivity contribution is 9.10. The average Bonchev–Trinajstić information content (AvgIpc) is 2.32. The minimum absolute atomic E-state index is 0.121. The molecule has 2 rings (SSSR count). The minimum Gasteiger partial charge on any atom is -0.478 e. The predicted molar refractivity (Wildman–Crippen MR) is 80.0 cm³/mol. The number of hydrogen-bond acceptors (Lipinski definition) is 3. The summed E-state index contributed by atoms with van der Waals surface area (Å²) in [5.74, 6) is -0.905. The summed E-state index contributed by atoms with van der Waals surface area (Å²) >= 11 is 3.34. The van der Waals surface area contributed by atoms with Gasteiger partial charge < -0.3 is 10.0 Å². The van der Waals surface area contributed by atoms with Gasteiger partial charge in [-0.3, -0.25) is 4.90 Å². The number of halogens is 1. The second-order valence-corrected chi connectivity index (χ2v) is 6.48. The Hall–Kier alpha value is -1.07. The summed E-state index contributed by atoms with van der Waals surface area (Å²) in [7, 11) is 2.14. The van der Waals surface area contributed by atoms with E-state index in [1.54, 1.807) is 6.07 Å². The van der Waals surface area contributed by atoms with Crippen LogP contribution in [0, 0.1) is 0 Å². The number of rotatable bonds is 2. The van der Waals surface area contributed by atoms with Crippen LogP contribution in [0.1, 0.15) is 24.2 Å². The first-order valence-electron chi connectivity index (χ1n) is 6.30. The lowest BCUT2D eigenvalue weighted by Crippen LogP contribution is -2.57. The molecule has 0 bridgehead atoms. The van der Waals surface area contributed by atoms with Gasteiger partial charge in [0.2, 0.25) is 0 Å². The van der Waals surface area contributed by atoms with Gasteiger partial charge in [0.05, 0.1) is 5.56 Å². The molecule has 1 aromatic rings. The molecule has 0 saturated carbocycles. The van der Waals surface area contributed by atoms with Crippen LogP contribution in [0.5, 0.6) is 0 Å². The zero-order valence-electron chi connectivity index (χ0n) is 11.5. The molecule has 1 N–H and O–H groups in total. The molecule has 4 nitrogen and oxygen atoms in total. The van der Waals surface area contributed by atoms with Crippen LogP contribution in [-0.2, 0) is 0 Å². The Labute approximate surface area is 122 Å². The average molecular weight is 327 g/mol. The zero-order valence-corrected chi connectivity index (χ0v) is 13.1. The van der Waals surface area contributed by atoms with Crippen molar-refractivity contribution in [3.63, 3.8) is 0 Å². The van der Waals surface area contributed by atoms with E-state index < -0.39 is 5.97 Å². The van der Waals surface area contributed by atoms with E-state index in [-0.39, 0.29) is 5.54 Å². The van der Waals surface area contributed by atoms with E-state index in [2.05, 4.69) is 46.6 Å². The Balaban J connectivity index is 2.24. The van der Waals surface area contributed by atoms with Crippen molar-refractivity contribution < 1.29 is 9.90 Å². The molecule has 1 aliphatic heterocycles. The van der Waals surface area contributed by atoms with Crippen LogP contribution in [0.15, 0.2) is 22.7 Å². The number of piperazine rings is 1. The molecular formula is C14H19BrN2O2. The van der Waals surface area contributed by atoms with Gasteiger partial charge in [-0.25, -0.2) is 4.79 Å². The third-order valence-corrected chi connectivity index (χ3v) is 4.52. The summed E-state index contributed by atoms with van der Waals surface area (Å²) in [6.07, 6.45) is 0. The van der Waals surface area contributed by atoms with Crippen molar-refractivity contribution in [2.24, 2.45) is 0 Å². The number of carbonyl (C=O) groups is 1. The smallest absolute Gasteiger partial charge is 0.336 e. The quantitative estimate of drug-likeness (QED) is 0.907. The molecule has 5 heteroatoms. The molecule has 1 saturated heterocycles. The molecule has 1 heterocycles. The van der Waals surface area contributed by atoms with E-state index in [9.17, 15) is 4.79 Å². The Morgan fingerprint density at radius 1 is 1.37 bits per heavy atom. The van der Waals surface area contributed by atoms with Crippen molar-refractivity contribution in [1.82, 2.24) is 4.90 Å². The number of carboxylic acid groups (broad SMARTS) is 1. The lowest BCUT2D eigenvalue weighted by atomic mass is 9.99. The van der Waals surface area contributed by atoms with Gasteiger partial charge in [-0.2, -0.15) is 0 Å². The number of nitrogens with zero attached hydrogens (tertiary/aromatic N) is 2. The molecule has 19 heavy (non-hydrogen) atoms. The van der Waals surface area contributed by atoms with Gasteiger partial charge in [-0.15, -0.1) is 0 Å². The first-order valence-corrected chi connectivity index (χ1v) is 7.09. The van der Waals surface area contributed by atoms with Gasteiger partial charge >= 0.3 is 5.97 Å². The molecule has 1 aliphatic rings. The molecule has 0 aliphatic carbocycles. The minimum atomic E-state index is -0.905. The molecule has 0 unspecified atom stereocenters. The van der Waals surface area contributed by atoms with Gasteiger partial charge in [0.25, 0.3) is 0 Å². The van der Waals surface area contributed by atoms with Crippen LogP contribution in [0.4, 0.5) is 5.69 Å². The number of anilines is 1. The largest absolute Gasteiger partial charge is 0.478 e. The van der Waals surface area contributed by atoms with Crippen LogP contribution in [0.25, 0.3) is 0 Å². The molecule has 104 valence electrons. The first-order chi connectivity index (χ1) is 8.81. The fourth-order valence-corrected chi connectivity index (χ4v) is 2.87. The topological polar surface area (TPSA) is 43.8 Å². The van der Waals surface area contributed by atoms with Crippen molar-refractivity contribution in [1.29, 1.82) is 0 Å². The van der Waals surface area contributed by atoms with E-state index in [1.165, 1.54) is 0 Å². The summed E-state index contributed by atoms with van der Waals surface area (Å²) in [5.41, 5.74) is 1.49. The molecule has 1 fully saturated rings. The zero-order chi connectivity index (χ0) is 14.2. The summed E-state index contributed by atoms with van der Waals surface area (Å²) < 4.78 is 0.634. The van der Waals surface area contributed by atoms with Crippen molar-refractivity contribution >= 4 is 27.6 Å². The summed E-state index contributed by atoms with van der Waals surface area (Å²) in [6.45, 7) is 7.34. The summed E-state index contributed by atoms with van der Waals surface area (Å²) in [5, 5.41) is 9.03. The second kappa shape index (κ2) is 5.13. The highest BCUT2D eigenvalue weighted by Gasteiger charge is 2.31. The number of benzene rings is 1. The van der Waals surface area contributed by atoms with Gasteiger partial charge in [-0.1, -0.05) is 0 Å². The van der Waals surface area contributed by atoms with Crippen LogP contribution in [-0.4, -0.2) is 48.2 Å². The molecule has 1 aromatic carbocycles. The predicted octanol–water partition coefficient (Wildman–Crippen LogP) is 2.68. The fourth-order valence-electron chi connectivity index (χ4n) is 2.33. The van der Waals surface area contributed by atoms with E-state index >= 15 is 0 Å². The monoisotopic (exact) mass is 326 g/mol. The Morgan fingerprint density at radius 2 is 2.05 bits per heavy atom. The van der Waals surface area contributed by atoms with Crippen molar-refractivity contribution in [2.75, 3.05) is 31.6 Å². The van der Waals surface area contributed by atoms with Crippen LogP contribution in [0.3, 0.4) is 0 Å². The van der Waals surface area contributed by atoms with Gasteiger partial charge in [0.15, 0.2) is 0 Å². The number of hydrogen-bond donors (Lipinski definition) is 1. The van der Waals surface area contributed by atoms with Crippen molar-refractivity contribution in [2.45, 2.75) is 19.4 Å². The Kier molecular flexibility index (Phi) is 3.87. The number of likely N-dealkylation sites (N-methyl/N-ethyl adjacent to an activating group) is 1. The summed E-state index contributed by atoms with van der Waals surface area (Å²) in [4.78, 5) is 15.7. The Morgan fingerprint density at radius 3 is 2.58 bits per heavy atom. The first kappa shape index (κ1) is 14.3. The molecule has 0 amide bonds. The van der Waals surface area contributed by atoms with Crippen LogP contribution < -0.4 is 4.90 Å². The maximum atomic E-state index is 11.0. The van der Waals surface area contributed by atoms with E-state index in [0.717, 1.165) is 25.3 Å². The third-order valence-electron chi connectivity index (χ3n) is 3.86. The van der Waals surface area contributed by atoms with Gasteiger partial charge in [-0.05, 0) is 55.0 Å². The van der Waals surface area contributed by atoms with E-state index in [0.29, 0.717) is 10.0 Å². The standard InChI is InChI=1S/C14H19BrN2O2/c1-14(2)9-17(7-6-16(14)3)10-4-5-11(13(18)19)12(15)8-10/h4-5,8H,6-7,9H2,1-3H3,(H,18,19). The SMILES string of the molecule is CN1CCN(c2ccc(C(=O)O)c(Br)c2)CC1(C)C. The normalized spacial score (nSPS) is 19.5. The fraction of sp³-hybridized carbons (Fsp3) is 0.500. The van der Waals surface area contributed by atoms with Crippen molar-refractivity contribution in [3.05, 3.63) is 28.2 Å². The molecule has 0 atom stereocenters. The lowest BCUT2D eigenvalue weighted by molar-refractivity contribution is 0.0696. The van der Waals surface area contributed by atoms with Gasteiger partial charge in [0.1, 0.15) is 0 Å². The summed E-state index contributed by atoms with van der Waals surface area (Å²) in [6, 6.07) is 5.44. The second-order valence-electron chi connectivity index (χ2n) is 5.62. The Bertz CT molecular complexity index is 502. The highest BCUT2D eigenvalue weighted by Crippen LogP contribution is 2.28. The number of carboxylic acids is 1. The van der Waals surface area contributed by atoms with Crippen LogP contribution >= 0.6 is 15.9 Å². The molecule has 0 aromatic heterocycles. The van der Waals surface area contributed by atoms with E-state index in [1.807, 2.05) is 12.1 Å². The lowest BCUT2D eigenvalue weighted by Gasteiger charge is -2.46. The highest BCUT2D eigenvalue weighted by atomic mass is 79.9. The molecular weight excluding hydrogens is 308 g/mol. The molecule has 0 spiro atoms. The third kappa shape index (κ3) is 2.92. The maximum absolute atomic E-state index is 11.0. The number of aromatic carboxylic acids is 1. The van der Waals surface area contributed by atoms with Crippen LogP contribution in [0.2, 0.25) is 0 Å². The maximum Gasteiger partial charge on any atom is 0.336 e. The van der Waals surface area contributed by atoms with Crippen molar-refractivity contribution in [3.8, 4) is 0 Å². The molecule has 0 radical (unpaired) electrons.